The first-order valence-electron chi connectivity index (χ1n) is 5.07. The summed E-state index contributed by atoms with van der Waals surface area (Å²) in [5.74, 6) is -1.67. The molecule has 0 aliphatic rings. The van der Waals surface area contributed by atoms with Crippen LogP contribution in [0.5, 0.6) is 0 Å². The number of thiol groups is 1. The Morgan fingerprint density at radius 2 is 1.83 bits per heavy atom. The van der Waals surface area contributed by atoms with Crippen LogP contribution in [0.15, 0.2) is 30.3 Å². The van der Waals surface area contributed by atoms with Crippen LogP contribution in [0, 0.1) is 0 Å². The van der Waals surface area contributed by atoms with Crippen molar-refractivity contribution in [1.82, 2.24) is 0 Å². The lowest BCUT2D eigenvalue weighted by Crippen LogP contribution is -2.31. The molecule has 0 aliphatic carbocycles. The number of nitrogens with one attached hydrogen (secondary N) is 1. The van der Waals surface area contributed by atoms with Gasteiger partial charge in [0.15, 0.2) is 0 Å². The van der Waals surface area contributed by atoms with Crippen LogP contribution in [-0.4, -0.2) is 40.5 Å². The normalized spacial score (nSPS) is 10.8. The van der Waals surface area contributed by atoms with Gasteiger partial charge in [0, 0.05) is 11.4 Å². The summed E-state index contributed by atoms with van der Waals surface area (Å²) < 4.78 is 0. The minimum Gasteiger partial charge on any atom is -0.480 e. The van der Waals surface area contributed by atoms with Crippen LogP contribution in [0.3, 0.4) is 0 Å². The Labute approximate surface area is 110 Å². The first-order valence-corrected chi connectivity index (χ1v) is 5.70. The molecular weight excluding hydrogens is 256 g/mol. The van der Waals surface area contributed by atoms with Crippen molar-refractivity contribution in [2.75, 3.05) is 17.6 Å². The van der Waals surface area contributed by atoms with Gasteiger partial charge in [0.05, 0.1) is 0 Å². The van der Waals surface area contributed by atoms with Crippen LogP contribution < -0.4 is 11.1 Å². The number of carboxylic acid groups (broad SMARTS) is 2. The Morgan fingerprint density at radius 1 is 1.28 bits per heavy atom. The van der Waals surface area contributed by atoms with Gasteiger partial charge in [-0.1, -0.05) is 18.2 Å². The van der Waals surface area contributed by atoms with Gasteiger partial charge in [0.25, 0.3) is 0 Å². The smallest absolute Gasteiger partial charge is 0.322 e. The molecule has 6 nitrogen and oxygen atoms in total. The van der Waals surface area contributed by atoms with E-state index in [0.29, 0.717) is 0 Å². The molecule has 1 aromatic carbocycles. The van der Waals surface area contributed by atoms with Crippen molar-refractivity contribution in [3.63, 3.8) is 0 Å². The number of carboxylic acids is 2. The van der Waals surface area contributed by atoms with Gasteiger partial charge in [-0.2, -0.15) is 12.6 Å². The predicted octanol–water partition coefficient (Wildman–Crippen LogP) is 0.511. The fourth-order valence-electron chi connectivity index (χ4n) is 0.812. The fraction of sp³-hybridized carbons (Fsp3) is 0.273. The lowest BCUT2D eigenvalue weighted by Gasteiger charge is -2.00. The summed E-state index contributed by atoms with van der Waals surface area (Å²) in [6.07, 6.45) is 0. The molecule has 0 saturated heterocycles. The Bertz CT molecular complexity index is 373. The molecule has 5 N–H and O–H groups in total. The van der Waals surface area contributed by atoms with E-state index < -0.39 is 18.0 Å². The molecule has 0 aromatic heterocycles. The van der Waals surface area contributed by atoms with Gasteiger partial charge in [0.1, 0.15) is 12.6 Å². The molecule has 0 saturated carbocycles. The summed E-state index contributed by atoms with van der Waals surface area (Å²) >= 11 is 3.65. The molecule has 1 aromatic rings. The van der Waals surface area contributed by atoms with Crippen LogP contribution in [-0.2, 0) is 9.59 Å². The predicted molar refractivity (Wildman–Crippen MR) is 72.0 cm³/mol. The van der Waals surface area contributed by atoms with E-state index in [1.54, 1.807) is 0 Å². The van der Waals surface area contributed by atoms with E-state index in [1.807, 2.05) is 30.3 Å². The first-order chi connectivity index (χ1) is 8.47. The highest BCUT2D eigenvalue weighted by Gasteiger charge is 2.06. The van der Waals surface area contributed by atoms with Gasteiger partial charge in [-0.3, -0.25) is 9.59 Å². The lowest BCUT2D eigenvalue weighted by molar-refractivity contribution is -0.138. The summed E-state index contributed by atoms with van der Waals surface area (Å²) in [7, 11) is 0. The van der Waals surface area contributed by atoms with Gasteiger partial charge < -0.3 is 21.3 Å². The second kappa shape index (κ2) is 9.32. The van der Waals surface area contributed by atoms with Gasteiger partial charge in [-0.05, 0) is 12.1 Å². The zero-order valence-corrected chi connectivity index (χ0v) is 10.5. The molecule has 100 valence electrons. The van der Waals surface area contributed by atoms with E-state index in [9.17, 15) is 9.59 Å². The van der Waals surface area contributed by atoms with Crippen molar-refractivity contribution in [2.24, 2.45) is 5.73 Å². The van der Waals surface area contributed by atoms with E-state index >= 15 is 0 Å². The van der Waals surface area contributed by atoms with Crippen LogP contribution in [0.4, 0.5) is 5.69 Å². The molecule has 0 amide bonds. The molecule has 7 heteroatoms. The highest BCUT2D eigenvalue weighted by Crippen LogP contribution is 2.03. The van der Waals surface area contributed by atoms with Crippen LogP contribution in [0.2, 0.25) is 0 Å². The average molecular weight is 272 g/mol. The fourth-order valence-corrected chi connectivity index (χ4v) is 0.968. The van der Waals surface area contributed by atoms with Crippen molar-refractivity contribution in [1.29, 1.82) is 0 Å². The van der Waals surface area contributed by atoms with E-state index in [-0.39, 0.29) is 12.3 Å². The van der Waals surface area contributed by atoms with Crippen molar-refractivity contribution in [2.45, 2.75) is 6.04 Å². The number of para-hydroxylation sites is 1. The maximum Gasteiger partial charge on any atom is 0.322 e. The van der Waals surface area contributed by atoms with Crippen molar-refractivity contribution in [3.05, 3.63) is 30.3 Å². The zero-order valence-electron chi connectivity index (χ0n) is 9.61. The van der Waals surface area contributed by atoms with E-state index in [1.165, 1.54) is 0 Å². The van der Waals surface area contributed by atoms with Crippen LogP contribution in [0.1, 0.15) is 0 Å². The van der Waals surface area contributed by atoms with Crippen LogP contribution >= 0.6 is 12.6 Å². The highest BCUT2D eigenvalue weighted by atomic mass is 32.1. The standard InChI is InChI=1S/C8H9NO2.C3H7NO2S/c10-8(11)6-9-7-4-2-1-3-5-7;4-2(1-7)3(5)6/h1-5,9H,6H2,(H,10,11);2,7H,1,4H2,(H,5,6)/t;2-/m.0/s1. The SMILES string of the molecule is N[C@@H](CS)C(=O)O.O=C(O)CNc1ccccc1. The maximum atomic E-state index is 10.1. The molecule has 0 fully saturated rings. The Morgan fingerprint density at radius 3 is 2.17 bits per heavy atom. The average Bonchev–Trinajstić information content (AvgIpc) is 2.37. The number of anilines is 1. The second-order valence-electron chi connectivity index (χ2n) is 3.24. The molecular formula is C11H16N2O4S. The van der Waals surface area contributed by atoms with Crippen molar-refractivity contribution in [3.8, 4) is 0 Å². The Kier molecular flexibility index (Phi) is 8.42. The third-order valence-electron chi connectivity index (χ3n) is 1.73. The van der Waals surface area contributed by atoms with Gasteiger partial charge in [-0.15, -0.1) is 0 Å². The Balaban J connectivity index is 0.000000360. The lowest BCUT2D eigenvalue weighted by atomic mass is 10.3. The van der Waals surface area contributed by atoms with Gasteiger partial charge >= 0.3 is 11.9 Å². The van der Waals surface area contributed by atoms with E-state index in [0.717, 1.165) is 5.69 Å². The topological polar surface area (TPSA) is 113 Å². The number of benzene rings is 1. The number of hydrogen-bond donors (Lipinski definition) is 5. The molecule has 0 bridgehead atoms. The molecule has 1 atom stereocenters. The molecule has 0 unspecified atom stereocenters. The second-order valence-corrected chi connectivity index (χ2v) is 3.61. The van der Waals surface area contributed by atoms with Crippen molar-refractivity contribution >= 4 is 30.3 Å². The number of nitrogens with two attached hydrogens (primary N) is 1. The van der Waals surface area contributed by atoms with Crippen LogP contribution in [0.25, 0.3) is 0 Å². The minimum atomic E-state index is -1.00. The minimum absolute atomic E-state index is 0.0377. The summed E-state index contributed by atoms with van der Waals surface area (Å²) in [6.45, 7) is -0.0377. The molecule has 0 heterocycles. The summed E-state index contributed by atoms with van der Waals surface area (Å²) in [5, 5.41) is 19.1. The van der Waals surface area contributed by atoms with E-state index in [4.69, 9.17) is 15.9 Å². The maximum absolute atomic E-state index is 10.1. The van der Waals surface area contributed by atoms with Crippen molar-refractivity contribution < 1.29 is 19.8 Å². The third-order valence-corrected chi connectivity index (χ3v) is 2.12. The summed E-state index contributed by atoms with van der Waals surface area (Å²) in [4.78, 5) is 19.9. The molecule has 0 spiro atoms. The quantitative estimate of drug-likeness (QED) is 0.499. The zero-order chi connectivity index (χ0) is 14.0. The number of aliphatic carboxylic acids is 2. The Hall–Kier alpha value is -1.73. The summed E-state index contributed by atoms with van der Waals surface area (Å²) in [6, 6.07) is 8.41. The highest BCUT2D eigenvalue weighted by molar-refractivity contribution is 7.80. The number of rotatable bonds is 5. The summed E-state index contributed by atoms with van der Waals surface area (Å²) in [5.41, 5.74) is 5.77. The molecule has 1 rings (SSSR count). The number of carbonyl (C=O) groups is 2. The number of hydrogen-bond acceptors (Lipinski definition) is 5. The largest absolute Gasteiger partial charge is 0.480 e. The third kappa shape index (κ3) is 8.43. The molecule has 18 heavy (non-hydrogen) atoms. The molecule has 0 radical (unpaired) electrons. The first kappa shape index (κ1) is 16.3. The van der Waals surface area contributed by atoms with Gasteiger partial charge in [0.2, 0.25) is 0 Å². The van der Waals surface area contributed by atoms with Gasteiger partial charge in [-0.25, -0.2) is 0 Å². The monoisotopic (exact) mass is 272 g/mol. The molecule has 0 aliphatic heterocycles. The van der Waals surface area contributed by atoms with E-state index in [2.05, 4.69) is 17.9 Å².